The third-order valence-electron chi connectivity index (χ3n) is 6.16. The van der Waals surface area contributed by atoms with Crippen LogP contribution in [0, 0.1) is 19.8 Å². The molecule has 0 bridgehead atoms. The van der Waals surface area contributed by atoms with Gasteiger partial charge >= 0.3 is 0 Å². The van der Waals surface area contributed by atoms with Crippen LogP contribution in [0.5, 0.6) is 0 Å². The van der Waals surface area contributed by atoms with E-state index in [0.717, 1.165) is 37.1 Å². The van der Waals surface area contributed by atoms with E-state index < -0.39 is 30.0 Å². The Kier molecular flexibility index (Phi) is 9.39. The monoisotopic (exact) mass is 485 g/mol. The van der Waals surface area contributed by atoms with Gasteiger partial charge in [-0.1, -0.05) is 35.0 Å². The van der Waals surface area contributed by atoms with Gasteiger partial charge in [-0.15, -0.1) is 0 Å². The second kappa shape index (κ2) is 12.5. The summed E-state index contributed by atoms with van der Waals surface area (Å²) in [6.07, 6.45) is 1.08. The second-order valence-electron chi connectivity index (χ2n) is 9.21. The maximum atomic E-state index is 13.1. The molecule has 0 unspecified atom stereocenters. The summed E-state index contributed by atoms with van der Waals surface area (Å²) in [6, 6.07) is 7.21. The Hall–Kier alpha value is -3.24. The predicted octanol–water partition coefficient (Wildman–Crippen LogP) is 0.962. The molecule has 0 aliphatic carbocycles. The summed E-state index contributed by atoms with van der Waals surface area (Å²) in [7, 11) is 0. The number of carbonyl (C=O) groups is 3. The maximum absolute atomic E-state index is 13.1. The van der Waals surface area contributed by atoms with E-state index in [9.17, 15) is 19.5 Å². The fourth-order valence-electron chi connectivity index (χ4n) is 4.06. The minimum Gasteiger partial charge on any atom is -0.391 e. The molecular formula is C25H35N5O5. The van der Waals surface area contributed by atoms with Gasteiger partial charge in [-0.05, 0) is 64.6 Å². The highest BCUT2D eigenvalue weighted by atomic mass is 16.5. The SMILES string of the molecule is Cc1ccc(CNC(=O)[C@H](CC2CCNCC2)NC(=O)[C@@H](NC(=O)c2cc(C)on2)[C@@H](C)O)cc1. The Labute approximate surface area is 205 Å². The third-order valence-corrected chi connectivity index (χ3v) is 6.16. The molecule has 190 valence electrons. The molecule has 1 aromatic carbocycles. The zero-order chi connectivity index (χ0) is 25.4. The van der Waals surface area contributed by atoms with Crippen molar-refractivity contribution in [3.8, 4) is 0 Å². The first-order valence-electron chi connectivity index (χ1n) is 12.0. The van der Waals surface area contributed by atoms with Crippen molar-refractivity contribution in [1.29, 1.82) is 0 Å². The highest BCUT2D eigenvalue weighted by Gasteiger charge is 2.32. The largest absolute Gasteiger partial charge is 0.391 e. The normalized spacial score (nSPS) is 16.7. The van der Waals surface area contributed by atoms with Gasteiger partial charge < -0.3 is 30.9 Å². The van der Waals surface area contributed by atoms with Gasteiger partial charge in [0.25, 0.3) is 5.91 Å². The van der Waals surface area contributed by atoms with Gasteiger partial charge in [0.15, 0.2) is 5.69 Å². The quantitative estimate of drug-likeness (QED) is 0.337. The van der Waals surface area contributed by atoms with Crippen LogP contribution in [0.2, 0.25) is 0 Å². The lowest BCUT2D eigenvalue weighted by Gasteiger charge is -2.29. The molecule has 1 aromatic heterocycles. The summed E-state index contributed by atoms with van der Waals surface area (Å²) in [5.74, 6) is -0.885. The fraction of sp³-hybridized carbons (Fsp3) is 0.520. The van der Waals surface area contributed by atoms with Gasteiger partial charge in [-0.3, -0.25) is 14.4 Å². The van der Waals surface area contributed by atoms with Crippen LogP contribution in [-0.2, 0) is 16.1 Å². The topological polar surface area (TPSA) is 146 Å². The average Bonchev–Trinajstić information content (AvgIpc) is 3.28. The van der Waals surface area contributed by atoms with Crippen LogP contribution in [0.4, 0.5) is 0 Å². The molecule has 0 spiro atoms. The molecule has 1 fully saturated rings. The summed E-state index contributed by atoms with van der Waals surface area (Å²) >= 11 is 0. The Morgan fingerprint density at radius 2 is 1.80 bits per heavy atom. The van der Waals surface area contributed by atoms with Crippen LogP contribution in [0.1, 0.15) is 53.6 Å². The molecular weight excluding hydrogens is 450 g/mol. The molecule has 1 saturated heterocycles. The van der Waals surface area contributed by atoms with Crippen molar-refractivity contribution < 1.29 is 24.0 Å². The summed E-state index contributed by atoms with van der Waals surface area (Å²) in [4.78, 5) is 38.7. The van der Waals surface area contributed by atoms with E-state index in [0.29, 0.717) is 18.7 Å². The number of aromatic nitrogens is 1. The number of hydrogen-bond acceptors (Lipinski definition) is 7. The Balaban J connectivity index is 1.68. The lowest BCUT2D eigenvalue weighted by molar-refractivity contribution is -0.131. The van der Waals surface area contributed by atoms with Gasteiger partial charge in [-0.2, -0.15) is 0 Å². The van der Waals surface area contributed by atoms with E-state index in [1.807, 2.05) is 31.2 Å². The molecule has 35 heavy (non-hydrogen) atoms. The van der Waals surface area contributed by atoms with E-state index in [1.165, 1.54) is 13.0 Å². The summed E-state index contributed by atoms with van der Waals surface area (Å²) in [6.45, 7) is 7.09. The number of aryl methyl sites for hydroxylation is 2. The van der Waals surface area contributed by atoms with Crippen molar-refractivity contribution >= 4 is 17.7 Å². The van der Waals surface area contributed by atoms with Crippen molar-refractivity contribution in [2.75, 3.05) is 13.1 Å². The Morgan fingerprint density at radius 3 is 2.40 bits per heavy atom. The highest BCUT2D eigenvalue weighted by molar-refractivity contribution is 5.97. The highest BCUT2D eigenvalue weighted by Crippen LogP contribution is 2.18. The number of rotatable bonds is 10. The fourth-order valence-corrected chi connectivity index (χ4v) is 4.06. The molecule has 10 nitrogen and oxygen atoms in total. The van der Waals surface area contributed by atoms with Crippen LogP contribution in [0.15, 0.2) is 34.9 Å². The van der Waals surface area contributed by atoms with E-state index in [4.69, 9.17) is 4.52 Å². The first kappa shape index (κ1) is 26.4. The lowest BCUT2D eigenvalue weighted by atomic mass is 9.90. The molecule has 1 aliphatic heterocycles. The summed E-state index contributed by atoms with van der Waals surface area (Å²) < 4.78 is 4.91. The van der Waals surface area contributed by atoms with Crippen molar-refractivity contribution in [3.05, 3.63) is 52.9 Å². The summed E-state index contributed by atoms with van der Waals surface area (Å²) in [5.41, 5.74) is 2.08. The molecule has 10 heteroatoms. The van der Waals surface area contributed by atoms with Crippen molar-refractivity contribution in [3.63, 3.8) is 0 Å². The smallest absolute Gasteiger partial charge is 0.274 e. The van der Waals surface area contributed by atoms with Crippen LogP contribution in [0.3, 0.4) is 0 Å². The van der Waals surface area contributed by atoms with E-state index in [1.54, 1.807) is 6.92 Å². The molecule has 2 heterocycles. The standard InChI is InChI=1S/C25H35N5O5/c1-15-4-6-19(7-5-15)14-27-23(32)20(13-18-8-10-26-11-9-18)28-25(34)22(17(3)31)29-24(33)21-12-16(2)35-30-21/h4-7,12,17-18,20,22,26,31H,8-11,13-14H2,1-3H3,(H,27,32)(H,28,34)(H,29,33)/t17-,20+,22+/m1/s1. The second-order valence-corrected chi connectivity index (χ2v) is 9.21. The predicted molar refractivity (Wildman–Crippen MR) is 129 cm³/mol. The zero-order valence-electron chi connectivity index (χ0n) is 20.5. The number of amides is 3. The van der Waals surface area contributed by atoms with Gasteiger partial charge in [0.1, 0.15) is 17.8 Å². The number of aliphatic hydroxyl groups is 1. The van der Waals surface area contributed by atoms with Crippen LogP contribution in [-0.4, -0.2) is 59.3 Å². The molecule has 1 aliphatic rings. The van der Waals surface area contributed by atoms with E-state index in [2.05, 4.69) is 26.4 Å². The number of benzene rings is 1. The lowest BCUT2D eigenvalue weighted by Crippen LogP contribution is -2.57. The number of carbonyl (C=O) groups excluding carboxylic acids is 3. The van der Waals surface area contributed by atoms with Gasteiger partial charge in [0.05, 0.1) is 6.10 Å². The van der Waals surface area contributed by atoms with Crippen molar-refractivity contribution in [2.24, 2.45) is 5.92 Å². The van der Waals surface area contributed by atoms with Gasteiger partial charge in [-0.25, -0.2) is 0 Å². The Morgan fingerprint density at radius 1 is 1.11 bits per heavy atom. The number of nitrogens with one attached hydrogen (secondary N) is 4. The molecule has 5 N–H and O–H groups in total. The van der Waals surface area contributed by atoms with Crippen LogP contribution >= 0.6 is 0 Å². The molecule has 0 saturated carbocycles. The summed E-state index contributed by atoms with van der Waals surface area (Å²) in [5, 5.41) is 25.3. The van der Waals surface area contributed by atoms with Gasteiger partial charge in [0.2, 0.25) is 11.8 Å². The van der Waals surface area contributed by atoms with Gasteiger partial charge in [0, 0.05) is 12.6 Å². The number of piperidine rings is 1. The molecule has 2 aromatic rings. The zero-order valence-corrected chi connectivity index (χ0v) is 20.5. The molecule has 3 rings (SSSR count). The maximum Gasteiger partial charge on any atom is 0.274 e. The van der Waals surface area contributed by atoms with E-state index >= 15 is 0 Å². The number of aliphatic hydroxyl groups excluding tert-OH is 1. The number of hydrogen-bond donors (Lipinski definition) is 5. The van der Waals surface area contributed by atoms with E-state index in [-0.39, 0.29) is 17.5 Å². The molecule has 0 radical (unpaired) electrons. The first-order chi connectivity index (χ1) is 16.7. The van der Waals surface area contributed by atoms with Crippen molar-refractivity contribution in [2.45, 2.75) is 64.8 Å². The average molecular weight is 486 g/mol. The minimum atomic E-state index is -1.26. The van der Waals surface area contributed by atoms with Crippen LogP contribution < -0.4 is 21.3 Å². The molecule has 3 atom stereocenters. The third kappa shape index (κ3) is 7.90. The van der Waals surface area contributed by atoms with Crippen molar-refractivity contribution in [1.82, 2.24) is 26.4 Å². The Bertz CT molecular complexity index is 998. The minimum absolute atomic E-state index is 0.00282. The first-order valence-corrected chi connectivity index (χ1v) is 12.0. The van der Waals surface area contributed by atoms with Crippen LogP contribution in [0.25, 0.3) is 0 Å². The number of nitrogens with zero attached hydrogens (tertiary/aromatic N) is 1. The molecule has 3 amide bonds.